The third kappa shape index (κ3) is 6.86. The molecule has 0 atom stereocenters. The molecular formula is C32H35N3O5. The van der Waals surface area contributed by atoms with Gasteiger partial charge in [0.1, 0.15) is 5.69 Å². The van der Waals surface area contributed by atoms with Crippen molar-refractivity contribution >= 4 is 23.3 Å². The molecular weight excluding hydrogens is 506 g/mol. The van der Waals surface area contributed by atoms with Crippen molar-refractivity contribution in [1.29, 1.82) is 0 Å². The van der Waals surface area contributed by atoms with Gasteiger partial charge in [-0.1, -0.05) is 54.6 Å². The Balaban J connectivity index is 1.29. The predicted molar refractivity (Wildman–Crippen MR) is 154 cm³/mol. The largest absolute Gasteiger partial charge is 0.481 e. The highest BCUT2D eigenvalue weighted by molar-refractivity contribution is 5.81. The van der Waals surface area contributed by atoms with Crippen LogP contribution >= 0.6 is 0 Å². The van der Waals surface area contributed by atoms with Crippen LogP contribution in [0.15, 0.2) is 72.8 Å². The van der Waals surface area contributed by atoms with Gasteiger partial charge < -0.3 is 14.9 Å². The lowest BCUT2D eigenvalue weighted by molar-refractivity contribution is -0.384. The number of carboxylic acid groups (broad SMARTS) is 1. The van der Waals surface area contributed by atoms with Gasteiger partial charge in [0.15, 0.2) is 0 Å². The molecule has 40 heavy (non-hydrogen) atoms. The van der Waals surface area contributed by atoms with E-state index in [9.17, 15) is 19.7 Å². The molecule has 8 heteroatoms. The number of nitrogens with zero attached hydrogens (tertiary/aromatic N) is 3. The van der Waals surface area contributed by atoms with Crippen molar-refractivity contribution in [3.63, 3.8) is 0 Å². The molecule has 0 unspecified atom stereocenters. The number of rotatable bonds is 11. The lowest BCUT2D eigenvalue weighted by Crippen LogP contribution is -2.34. The monoisotopic (exact) mass is 541 g/mol. The van der Waals surface area contributed by atoms with Crippen LogP contribution in [0, 0.1) is 22.0 Å². The summed E-state index contributed by atoms with van der Waals surface area (Å²) in [5.74, 6) is -0.369. The summed E-state index contributed by atoms with van der Waals surface area (Å²) >= 11 is 0. The van der Waals surface area contributed by atoms with Gasteiger partial charge in [-0.05, 0) is 72.4 Å². The number of nitro groups is 1. The van der Waals surface area contributed by atoms with Gasteiger partial charge >= 0.3 is 5.97 Å². The molecule has 8 nitrogen and oxygen atoms in total. The van der Waals surface area contributed by atoms with Crippen molar-refractivity contribution in [2.24, 2.45) is 11.8 Å². The van der Waals surface area contributed by atoms with Crippen LogP contribution in [0.1, 0.15) is 43.2 Å². The smallest absolute Gasteiger partial charge is 0.305 e. The average molecular weight is 542 g/mol. The number of nitro benzene ring substituents is 1. The first-order valence-corrected chi connectivity index (χ1v) is 14.0. The van der Waals surface area contributed by atoms with Crippen molar-refractivity contribution in [2.75, 3.05) is 24.5 Å². The van der Waals surface area contributed by atoms with E-state index in [1.807, 2.05) is 42.5 Å². The van der Waals surface area contributed by atoms with Gasteiger partial charge in [-0.3, -0.25) is 19.7 Å². The van der Waals surface area contributed by atoms with Crippen LogP contribution in [-0.2, 0) is 22.6 Å². The summed E-state index contributed by atoms with van der Waals surface area (Å²) in [5.41, 5.74) is 4.51. The number of piperidine rings is 1. The van der Waals surface area contributed by atoms with Crippen LogP contribution in [0.5, 0.6) is 0 Å². The molecule has 0 spiro atoms. The normalized spacial score (nSPS) is 15.6. The summed E-state index contributed by atoms with van der Waals surface area (Å²) in [7, 11) is 0. The summed E-state index contributed by atoms with van der Waals surface area (Å²) in [4.78, 5) is 39.4. The number of anilines is 1. The van der Waals surface area contributed by atoms with Crippen LogP contribution in [0.4, 0.5) is 11.4 Å². The van der Waals surface area contributed by atoms with Crippen LogP contribution in [-0.4, -0.2) is 46.4 Å². The third-order valence-corrected chi connectivity index (χ3v) is 7.96. The highest BCUT2D eigenvalue weighted by Crippen LogP contribution is 2.36. The number of hydrogen-bond acceptors (Lipinski definition) is 5. The number of carbonyl (C=O) groups is 2. The molecule has 1 amide bonds. The fraction of sp³-hybridized carbons (Fsp3) is 0.375. The lowest BCUT2D eigenvalue weighted by atomic mass is 9.90. The summed E-state index contributed by atoms with van der Waals surface area (Å²) in [5, 5.41) is 21.2. The van der Waals surface area contributed by atoms with Crippen molar-refractivity contribution in [1.82, 2.24) is 4.90 Å². The topological polar surface area (TPSA) is 104 Å². The molecule has 1 heterocycles. The fourth-order valence-corrected chi connectivity index (χ4v) is 5.60. The molecule has 2 aliphatic rings. The second-order valence-corrected chi connectivity index (χ2v) is 11.0. The van der Waals surface area contributed by atoms with E-state index in [-0.39, 0.29) is 35.4 Å². The lowest BCUT2D eigenvalue weighted by Gasteiger charge is -2.33. The van der Waals surface area contributed by atoms with Crippen molar-refractivity contribution in [3.05, 3.63) is 94.0 Å². The predicted octanol–water partition coefficient (Wildman–Crippen LogP) is 5.93. The first kappa shape index (κ1) is 27.4. The van der Waals surface area contributed by atoms with Gasteiger partial charge in [0.2, 0.25) is 5.91 Å². The van der Waals surface area contributed by atoms with Crippen LogP contribution < -0.4 is 4.90 Å². The number of hydrogen-bond donors (Lipinski definition) is 1. The minimum absolute atomic E-state index is 0.000757. The van der Waals surface area contributed by atoms with Crippen LogP contribution in [0.3, 0.4) is 0 Å². The highest BCUT2D eigenvalue weighted by Gasteiger charge is 2.33. The van der Waals surface area contributed by atoms with E-state index in [2.05, 4.69) is 29.2 Å². The number of aliphatic carboxylic acids is 1. The maximum Gasteiger partial charge on any atom is 0.305 e. The Morgan fingerprint density at radius 2 is 1.60 bits per heavy atom. The number of carboxylic acids is 1. The fourth-order valence-electron chi connectivity index (χ4n) is 5.60. The Labute approximate surface area is 234 Å². The second kappa shape index (κ2) is 12.3. The minimum Gasteiger partial charge on any atom is -0.481 e. The molecule has 2 fully saturated rings. The Morgan fingerprint density at radius 3 is 2.27 bits per heavy atom. The first-order chi connectivity index (χ1) is 19.4. The van der Waals surface area contributed by atoms with E-state index < -0.39 is 5.97 Å². The number of benzene rings is 3. The molecule has 5 rings (SSSR count). The van der Waals surface area contributed by atoms with Gasteiger partial charge in [0, 0.05) is 38.2 Å². The van der Waals surface area contributed by atoms with Crippen molar-refractivity contribution < 1.29 is 19.6 Å². The molecule has 0 radical (unpaired) electrons. The Kier molecular flexibility index (Phi) is 8.43. The van der Waals surface area contributed by atoms with Crippen molar-refractivity contribution in [3.8, 4) is 11.1 Å². The standard InChI is InChI=1S/C32H35N3O5/c36-31(37)15-18-34(32(38)26-9-10-26)22-25-7-4-8-27(20-25)28-11-12-29(30(21-28)35(39)40)33-16-13-24(14-17-33)19-23-5-2-1-3-6-23/h1-8,11-12,20-21,24,26H,9-10,13-19,22H2,(H,36,37). The van der Waals surface area contributed by atoms with Gasteiger partial charge in [-0.2, -0.15) is 0 Å². The summed E-state index contributed by atoms with van der Waals surface area (Å²) in [6.07, 6.45) is 4.62. The van der Waals surface area contributed by atoms with E-state index in [4.69, 9.17) is 5.11 Å². The number of carbonyl (C=O) groups excluding carboxylic acids is 1. The highest BCUT2D eigenvalue weighted by atomic mass is 16.6. The number of amides is 1. The molecule has 1 saturated carbocycles. The van der Waals surface area contributed by atoms with Crippen LogP contribution in [0.2, 0.25) is 0 Å². The Bertz CT molecular complexity index is 1360. The molecule has 1 N–H and O–H groups in total. The summed E-state index contributed by atoms with van der Waals surface area (Å²) < 4.78 is 0. The van der Waals surface area contributed by atoms with E-state index in [0.717, 1.165) is 61.9 Å². The van der Waals surface area contributed by atoms with Gasteiger partial charge in [-0.15, -0.1) is 0 Å². The van der Waals surface area contributed by atoms with E-state index in [1.165, 1.54) is 5.56 Å². The van der Waals surface area contributed by atoms with Gasteiger partial charge in [0.25, 0.3) is 5.69 Å². The third-order valence-electron chi connectivity index (χ3n) is 7.96. The van der Waals surface area contributed by atoms with Crippen molar-refractivity contribution in [2.45, 2.75) is 45.1 Å². The molecule has 208 valence electrons. The zero-order valence-corrected chi connectivity index (χ0v) is 22.6. The molecule has 0 bridgehead atoms. The molecule has 3 aromatic rings. The zero-order chi connectivity index (χ0) is 28.1. The first-order valence-electron chi connectivity index (χ1n) is 14.0. The van der Waals surface area contributed by atoms with E-state index in [1.54, 1.807) is 11.0 Å². The SMILES string of the molecule is O=C(O)CCN(Cc1cccc(-c2ccc(N3CCC(Cc4ccccc4)CC3)c([N+](=O)[O-])c2)c1)C(=O)C1CC1. The quantitative estimate of drug-likeness (QED) is 0.238. The second-order valence-electron chi connectivity index (χ2n) is 11.0. The van der Waals surface area contributed by atoms with Gasteiger partial charge in [0.05, 0.1) is 11.3 Å². The maximum atomic E-state index is 12.7. The maximum absolute atomic E-state index is 12.7. The molecule has 1 aliphatic carbocycles. The zero-order valence-electron chi connectivity index (χ0n) is 22.6. The molecule has 1 aliphatic heterocycles. The van der Waals surface area contributed by atoms with Gasteiger partial charge in [-0.25, -0.2) is 0 Å². The average Bonchev–Trinajstić information content (AvgIpc) is 3.81. The summed E-state index contributed by atoms with van der Waals surface area (Å²) in [6.45, 7) is 2.05. The molecule has 0 aromatic heterocycles. The minimum atomic E-state index is -0.935. The molecule has 3 aromatic carbocycles. The molecule has 1 saturated heterocycles. The Morgan fingerprint density at radius 1 is 0.900 bits per heavy atom. The van der Waals surface area contributed by atoms with E-state index >= 15 is 0 Å². The summed E-state index contributed by atoms with van der Waals surface area (Å²) in [6, 6.07) is 23.5. The van der Waals surface area contributed by atoms with Crippen LogP contribution in [0.25, 0.3) is 11.1 Å². The Hall–Kier alpha value is -4.20. The van der Waals surface area contributed by atoms with E-state index in [0.29, 0.717) is 18.2 Å².